The number of hydrogen-bond donors (Lipinski definition) is 1. The predicted molar refractivity (Wildman–Crippen MR) is 82.1 cm³/mol. The highest BCUT2D eigenvalue weighted by Crippen LogP contribution is 2.18. The van der Waals surface area contributed by atoms with Crippen molar-refractivity contribution in [1.29, 1.82) is 0 Å². The molecule has 0 fully saturated rings. The molecule has 0 unspecified atom stereocenters. The third-order valence-corrected chi connectivity index (χ3v) is 3.55. The molecule has 0 radical (unpaired) electrons. The second kappa shape index (κ2) is 6.05. The molecule has 0 saturated carbocycles. The summed E-state index contributed by atoms with van der Waals surface area (Å²) in [6, 6.07) is 7.12. The van der Waals surface area contributed by atoms with Gasteiger partial charge in [-0.1, -0.05) is 17.7 Å². The summed E-state index contributed by atoms with van der Waals surface area (Å²) >= 11 is 0. The van der Waals surface area contributed by atoms with Crippen molar-refractivity contribution in [1.82, 2.24) is 4.90 Å². The smallest absolute Gasteiger partial charge is 0.339 e. The number of carbonyl (C=O) groups is 2. The summed E-state index contributed by atoms with van der Waals surface area (Å²) in [6.45, 7) is 5.69. The van der Waals surface area contributed by atoms with E-state index in [1.165, 1.54) is 11.0 Å². The summed E-state index contributed by atoms with van der Waals surface area (Å²) in [4.78, 5) is 25.0. The predicted octanol–water partition coefficient (Wildman–Crippen LogP) is 3.18. The molecule has 1 N–H and O–H groups in total. The Morgan fingerprint density at radius 3 is 2.36 bits per heavy atom. The second-order valence-electron chi connectivity index (χ2n) is 5.47. The molecule has 5 nitrogen and oxygen atoms in total. The topological polar surface area (TPSA) is 70.8 Å². The first-order valence-electron chi connectivity index (χ1n) is 6.95. The maximum Gasteiger partial charge on any atom is 0.339 e. The number of carboxylic acid groups (broad SMARTS) is 1. The third-order valence-electron chi connectivity index (χ3n) is 3.55. The SMILES string of the molecule is Cc1ccc(C(=O)N(C)Cc2cc(C(=O)O)c(C)o2)c(C)c1. The molecule has 1 amide bonds. The Morgan fingerprint density at radius 1 is 1.14 bits per heavy atom. The fourth-order valence-corrected chi connectivity index (χ4v) is 2.40. The summed E-state index contributed by atoms with van der Waals surface area (Å²) < 4.78 is 5.41. The van der Waals surface area contributed by atoms with Gasteiger partial charge in [0.05, 0.1) is 6.54 Å². The van der Waals surface area contributed by atoms with Gasteiger partial charge in [0, 0.05) is 12.6 Å². The maximum atomic E-state index is 12.5. The van der Waals surface area contributed by atoms with Gasteiger partial charge in [-0.15, -0.1) is 0 Å². The standard InChI is InChI=1S/C17H19NO4/c1-10-5-6-14(11(2)7-10)16(19)18(4)9-13-8-15(17(20)21)12(3)22-13/h5-8H,9H2,1-4H3,(H,20,21). The highest BCUT2D eigenvalue weighted by molar-refractivity contribution is 5.95. The molecule has 0 spiro atoms. The van der Waals surface area contributed by atoms with Gasteiger partial charge >= 0.3 is 5.97 Å². The van der Waals surface area contributed by atoms with Crippen molar-refractivity contribution in [3.63, 3.8) is 0 Å². The van der Waals surface area contributed by atoms with Crippen LogP contribution in [0.5, 0.6) is 0 Å². The highest BCUT2D eigenvalue weighted by atomic mass is 16.4. The first-order valence-corrected chi connectivity index (χ1v) is 6.95. The van der Waals surface area contributed by atoms with E-state index >= 15 is 0 Å². The van der Waals surface area contributed by atoms with Gasteiger partial charge < -0.3 is 14.4 Å². The van der Waals surface area contributed by atoms with Gasteiger partial charge in [-0.2, -0.15) is 0 Å². The lowest BCUT2D eigenvalue weighted by molar-refractivity contribution is 0.0694. The van der Waals surface area contributed by atoms with Crippen LogP contribution in [0.25, 0.3) is 0 Å². The van der Waals surface area contributed by atoms with E-state index in [1.807, 2.05) is 26.0 Å². The molecule has 1 aromatic heterocycles. The molecular formula is C17H19NO4. The Bertz CT molecular complexity index is 730. The number of benzene rings is 1. The lowest BCUT2D eigenvalue weighted by atomic mass is 10.0. The van der Waals surface area contributed by atoms with Gasteiger partial charge in [0.2, 0.25) is 0 Å². The van der Waals surface area contributed by atoms with Crippen LogP contribution in [0.15, 0.2) is 28.7 Å². The van der Waals surface area contributed by atoms with E-state index in [-0.39, 0.29) is 18.0 Å². The van der Waals surface area contributed by atoms with E-state index in [1.54, 1.807) is 20.0 Å². The largest absolute Gasteiger partial charge is 0.478 e. The van der Waals surface area contributed by atoms with Crippen molar-refractivity contribution in [2.45, 2.75) is 27.3 Å². The number of carboxylic acids is 1. The van der Waals surface area contributed by atoms with Gasteiger partial charge in [-0.3, -0.25) is 4.79 Å². The molecule has 5 heteroatoms. The number of carbonyl (C=O) groups excluding carboxylic acids is 1. The van der Waals surface area contributed by atoms with E-state index in [0.29, 0.717) is 17.1 Å². The molecule has 0 aliphatic carbocycles. The summed E-state index contributed by atoms with van der Waals surface area (Å²) in [5, 5.41) is 9.02. The van der Waals surface area contributed by atoms with Crippen LogP contribution in [0.2, 0.25) is 0 Å². The molecule has 0 bridgehead atoms. The Balaban J connectivity index is 2.18. The minimum absolute atomic E-state index is 0.122. The van der Waals surface area contributed by atoms with Crippen LogP contribution in [0.4, 0.5) is 0 Å². The molecule has 2 rings (SSSR count). The van der Waals surface area contributed by atoms with Crippen LogP contribution < -0.4 is 0 Å². The molecule has 22 heavy (non-hydrogen) atoms. The second-order valence-corrected chi connectivity index (χ2v) is 5.47. The third kappa shape index (κ3) is 3.19. The first kappa shape index (κ1) is 15.8. The van der Waals surface area contributed by atoms with E-state index in [9.17, 15) is 9.59 Å². The minimum Gasteiger partial charge on any atom is -0.478 e. The van der Waals surface area contributed by atoms with Crippen molar-refractivity contribution >= 4 is 11.9 Å². The van der Waals surface area contributed by atoms with E-state index in [4.69, 9.17) is 9.52 Å². The molecule has 2 aromatic rings. The van der Waals surface area contributed by atoms with E-state index in [2.05, 4.69) is 0 Å². The highest BCUT2D eigenvalue weighted by Gasteiger charge is 2.18. The van der Waals surface area contributed by atoms with Crippen LogP contribution in [0.1, 0.15) is 43.4 Å². The number of hydrogen-bond acceptors (Lipinski definition) is 3. The summed E-state index contributed by atoms with van der Waals surface area (Å²) in [5.41, 5.74) is 2.78. The number of amides is 1. The van der Waals surface area contributed by atoms with E-state index < -0.39 is 5.97 Å². The zero-order valence-corrected chi connectivity index (χ0v) is 13.1. The normalized spacial score (nSPS) is 10.5. The zero-order valence-electron chi connectivity index (χ0n) is 13.1. The van der Waals surface area contributed by atoms with Crippen LogP contribution >= 0.6 is 0 Å². The van der Waals surface area contributed by atoms with Crippen molar-refractivity contribution < 1.29 is 19.1 Å². The monoisotopic (exact) mass is 301 g/mol. The molecule has 0 aliphatic heterocycles. The maximum absolute atomic E-state index is 12.5. The molecule has 116 valence electrons. The first-order chi connectivity index (χ1) is 10.3. The van der Waals surface area contributed by atoms with Crippen molar-refractivity contribution in [2.75, 3.05) is 7.05 Å². The average Bonchev–Trinajstić information content (AvgIpc) is 2.79. The van der Waals surface area contributed by atoms with Crippen molar-refractivity contribution in [3.8, 4) is 0 Å². The van der Waals surface area contributed by atoms with Gasteiger partial charge in [0.1, 0.15) is 17.1 Å². The van der Waals surface area contributed by atoms with E-state index in [0.717, 1.165) is 11.1 Å². The molecule has 0 atom stereocenters. The summed E-state index contributed by atoms with van der Waals surface area (Å²) in [7, 11) is 1.67. The number of aryl methyl sites for hydroxylation is 3. The fourth-order valence-electron chi connectivity index (χ4n) is 2.40. The molecule has 0 aliphatic rings. The van der Waals surface area contributed by atoms with Gasteiger partial charge in [-0.05, 0) is 38.5 Å². The Hall–Kier alpha value is -2.56. The van der Waals surface area contributed by atoms with Crippen molar-refractivity contribution in [2.24, 2.45) is 0 Å². The Morgan fingerprint density at radius 2 is 1.82 bits per heavy atom. The quantitative estimate of drug-likeness (QED) is 0.941. The number of nitrogens with zero attached hydrogens (tertiary/aromatic N) is 1. The van der Waals surface area contributed by atoms with Gasteiger partial charge in [-0.25, -0.2) is 4.79 Å². The molecular weight excluding hydrogens is 282 g/mol. The van der Waals surface area contributed by atoms with Crippen LogP contribution in [-0.2, 0) is 6.54 Å². The van der Waals surface area contributed by atoms with Crippen LogP contribution in [0.3, 0.4) is 0 Å². The number of furan rings is 1. The summed E-state index contributed by atoms with van der Waals surface area (Å²) in [5.74, 6) is -0.357. The number of rotatable bonds is 4. The van der Waals surface area contributed by atoms with Crippen LogP contribution in [-0.4, -0.2) is 28.9 Å². The van der Waals surface area contributed by atoms with Gasteiger partial charge in [0.15, 0.2) is 0 Å². The molecule has 1 heterocycles. The lowest BCUT2D eigenvalue weighted by Crippen LogP contribution is -2.26. The van der Waals surface area contributed by atoms with Gasteiger partial charge in [0.25, 0.3) is 5.91 Å². The van der Waals surface area contributed by atoms with Crippen molar-refractivity contribution in [3.05, 3.63) is 58.0 Å². The Kier molecular flexibility index (Phi) is 4.35. The minimum atomic E-state index is -1.03. The Labute approximate surface area is 129 Å². The molecule has 0 saturated heterocycles. The molecule has 1 aromatic carbocycles. The fraction of sp³-hybridized carbons (Fsp3) is 0.294. The average molecular weight is 301 g/mol. The summed E-state index contributed by atoms with van der Waals surface area (Å²) in [6.07, 6.45) is 0. The zero-order chi connectivity index (χ0) is 16.4. The number of aromatic carboxylic acids is 1. The van der Waals surface area contributed by atoms with Crippen LogP contribution in [0, 0.1) is 20.8 Å². The lowest BCUT2D eigenvalue weighted by Gasteiger charge is -2.17.